The largest absolute Gasteiger partial charge is 0.393 e. The summed E-state index contributed by atoms with van der Waals surface area (Å²) in [6, 6.07) is 6.94. The fourth-order valence-corrected chi connectivity index (χ4v) is 3.92. The third kappa shape index (κ3) is 3.53. The standard InChI is InChI=1S/C17H22F3N/c18-17(19,20)12-14-4-6-15(7-5-14)21-11-10-16(13-21)8-2-1-3-9-16/h4-7H,1-3,8-13H2. The smallest absolute Gasteiger partial charge is 0.371 e. The van der Waals surface area contributed by atoms with Crippen molar-refractivity contribution in [3.8, 4) is 0 Å². The molecule has 2 fully saturated rings. The highest BCUT2D eigenvalue weighted by atomic mass is 19.4. The molecule has 0 amide bonds. The summed E-state index contributed by atoms with van der Waals surface area (Å²) in [5, 5.41) is 0. The summed E-state index contributed by atoms with van der Waals surface area (Å²) in [7, 11) is 0. The van der Waals surface area contributed by atoms with E-state index in [1.807, 2.05) is 12.1 Å². The van der Waals surface area contributed by atoms with Crippen LogP contribution in [0.3, 0.4) is 0 Å². The van der Waals surface area contributed by atoms with Crippen LogP contribution in [0.4, 0.5) is 18.9 Å². The van der Waals surface area contributed by atoms with E-state index in [0.717, 1.165) is 18.8 Å². The maximum atomic E-state index is 12.4. The van der Waals surface area contributed by atoms with E-state index in [4.69, 9.17) is 0 Å². The third-order valence-electron chi connectivity index (χ3n) is 5.06. The number of anilines is 1. The molecule has 1 heterocycles. The molecule has 0 atom stereocenters. The van der Waals surface area contributed by atoms with Crippen LogP contribution in [-0.4, -0.2) is 19.3 Å². The molecular weight excluding hydrogens is 275 g/mol. The second-order valence-electron chi connectivity index (χ2n) is 6.69. The van der Waals surface area contributed by atoms with Crippen LogP contribution in [0.15, 0.2) is 24.3 Å². The van der Waals surface area contributed by atoms with E-state index < -0.39 is 12.6 Å². The van der Waals surface area contributed by atoms with Crippen LogP contribution >= 0.6 is 0 Å². The topological polar surface area (TPSA) is 3.24 Å². The molecule has 1 nitrogen and oxygen atoms in total. The van der Waals surface area contributed by atoms with E-state index in [2.05, 4.69) is 4.90 Å². The van der Waals surface area contributed by atoms with Gasteiger partial charge in [-0.1, -0.05) is 31.4 Å². The van der Waals surface area contributed by atoms with Crippen LogP contribution in [-0.2, 0) is 6.42 Å². The second kappa shape index (κ2) is 5.54. The number of benzene rings is 1. The number of hydrogen-bond acceptors (Lipinski definition) is 1. The van der Waals surface area contributed by atoms with E-state index in [0.29, 0.717) is 11.0 Å². The van der Waals surface area contributed by atoms with E-state index in [1.165, 1.54) is 38.5 Å². The van der Waals surface area contributed by atoms with Crippen molar-refractivity contribution in [3.05, 3.63) is 29.8 Å². The summed E-state index contributed by atoms with van der Waals surface area (Å²) in [5.41, 5.74) is 1.89. The summed E-state index contributed by atoms with van der Waals surface area (Å²) < 4.78 is 37.1. The fraction of sp³-hybridized carbons (Fsp3) is 0.647. The SMILES string of the molecule is FC(F)(F)Cc1ccc(N2CCC3(CCCCC3)C2)cc1. The summed E-state index contributed by atoms with van der Waals surface area (Å²) in [6.45, 7) is 2.12. The second-order valence-corrected chi connectivity index (χ2v) is 6.69. The number of rotatable bonds is 2. The molecule has 0 bridgehead atoms. The minimum atomic E-state index is -4.12. The van der Waals surface area contributed by atoms with Crippen molar-refractivity contribution in [1.29, 1.82) is 0 Å². The molecule has 0 aromatic heterocycles. The maximum Gasteiger partial charge on any atom is 0.393 e. The van der Waals surface area contributed by atoms with Crippen molar-refractivity contribution in [2.45, 2.75) is 51.1 Å². The van der Waals surface area contributed by atoms with Crippen molar-refractivity contribution in [2.75, 3.05) is 18.0 Å². The molecule has 1 saturated carbocycles. The van der Waals surface area contributed by atoms with Gasteiger partial charge in [0.1, 0.15) is 0 Å². The number of alkyl halides is 3. The third-order valence-corrected chi connectivity index (χ3v) is 5.06. The zero-order valence-corrected chi connectivity index (χ0v) is 12.3. The van der Waals surface area contributed by atoms with E-state index in [9.17, 15) is 13.2 Å². The van der Waals surface area contributed by atoms with Gasteiger partial charge in [0.2, 0.25) is 0 Å². The predicted molar refractivity (Wildman–Crippen MR) is 78.5 cm³/mol. The first kappa shape index (κ1) is 14.7. The van der Waals surface area contributed by atoms with Gasteiger partial charge in [0.25, 0.3) is 0 Å². The Morgan fingerprint density at radius 3 is 2.24 bits per heavy atom. The monoisotopic (exact) mass is 297 g/mol. The molecule has 1 spiro atoms. The molecule has 1 aromatic carbocycles. The lowest BCUT2D eigenvalue weighted by molar-refractivity contribution is -0.127. The first-order valence-corrected chi connectivity index (χ1v) is 7.87. The van der Waals surface area contributed by atoms with Crippen LogP contribution in [0.1, 0.15) is 44.1 Å². The van der Waals surface area contributed by atoms with Gasteiger partial charge in [-0.3, -0.25) is 0 Å². The molecule has 0 radical (unpaired) electrons. The van der Waals surface area contributed by atoms with Gasteiger partial charge in [0.15, 0.2) is 0 Å². The predicted octanol–water partition coefficient (Wildman–Crippen LogP) is 4.95. The molecule has 1 aromatic rings. The Labute approximate surface area is 124 Å². The number of nitrogens with zero attached hydrogens (tertiary/aromatic N) is 1. The van der Waals surface area contributed by atoms with Gasteiger partial charge in [0.05, 0.1) is 6.42 Å². The van der Waals surface area contributed by atoms with Crippen molar-refractivity contribution >= 4 is 5.69 Å². The molecule has 1 aliphatic heterocycles. The van der Waals surface area contributed by atoms with Gasteiger partial charge in [-0.25, -0.2) is 0 Å². The Morgan fingerprint density at radius 1 is 0.952 bits per heavy atom. The Kier molecular flexibility index (Phi) is 3.89. The van der Waals surface area contributed by atoms with Crippen LogP contribution < -0.4 is 4.90 Å². The van der Waals surface area contributed by atoms with Gasteiger partial charge in [-0.05, 0) is 42.4 Å². The van der Waals surface area contributed by atoms with Crippen molar-refractivity contribution in [2.24, 2.45) is 5.41 Å². The molecular formula is C17H22F3N. The molecule has 3 rings (SSSR count). The minimum Gasteiger partial charge on any atom is -0.371 e. The first-order chi connectivity index (χ1) is 9.96. The Bertz CT molecular complexity index is 472. The summed E-state index contributed by atoms with van der Waals surface area (Å²) in [5.74, 6) is 0. The van der Waals surface area contributed by atoms with E-state index in [-0.39, 0.29) is 0 Å². The molecule has 0 unspecified atom stereocenters. The van der Waals surface area contributed by atoms with Crippen LogP contribution in [0.5, 0.6) is 0 Å². The molecule has 21 heavy (non-hydrogen) atoms. The highest BCUT2D eigenvalue weighted by Crippen LogP contribution is 2.44. The van der Waals surface area contributed by atoms with Gasteiger partial charge < -0.3 is 4.90 Å². The minimum absolute atomic E-state index is 0.345. The lowest BCUT2D eigenvalue weighted by Gasteiger charge is -2.33. The van der Waals surface area contributed by atoms with E-state index >= 15 is 0 Å². The molecule has 1 aliphatic carbocycles. The Hall–Kier alpha value is -1.19. The molecule has 116 valence electrons. The van der Waals surface area contributed by atoms with Gasteiger partial charge >= 0.3 is 6.18 Å². The highest BCUT2D eigenvalue weighted by Gasteiger charge is 2.38. The van der Waals surface area contributed by atoms with Crippen molar-refractivity contribution < 1.29 is 13.2 Å². The van der Waals surface area contributed by atoms with Crippen molar-refractivity contribution in [1.82, 2.24) is 0 Å². The van der Waals surface area contributed by atoms with E-state index in [1.54, 1.807) is 12.1 Å². The van der Waals surface area contributed by atoms with Crippen LogP contribution in [0.25, 0.3) is 0 Å². The average molecular weight is 297 g/mol. The highest BCUT2D eigenvalue weighted by molar-refractivity contribution is 5.49. The fourth-order valence-electron chi connectivity index (χ4n) is 3.92. The maximum absolute atomic E-state index is 12.4. The average Bonchev–Trinajstić information content (AvgIpc) is 2.82. The normalized spacial score (nSPS) is 22.0. The van der Waals surface area contributed by atoms with Crippen LogP contribution in [0.2, 0.25) is 0 Å². The Balaban J connectivity index is 1.65. The summed E-state index contributed by atoms with van der Waals surface area (Å²) in [4.78, 5) is 2.35. The molecule has 1 saturated heterocycles. The zero-order chi connectivity index (χ0) is 14.9. The summed E-state index contributed by atoms with van der Waals surface area (Å²) in [6.07, 6.45) is 2.92. The number of hydrogen-bond donors (Lipinski definition) is 0. The van der Waals surface area contributed by atoms with Gasteiger partial charge in [0, 0.05) is 18.8 Å². The van der Waals surface area contributed by atoms with Gasteiger partial charge in [-0.2, -0.15) is 13.2 Å². The Morgan fingerprint density at radius 2 is 1.62 bits per heavy atom. The molecule has 2 aliphatic rings. The van der Waals surface area contributed by atoms with Crippen molar-refractivity contribution in [3.63, 3.8) is 0 Å². The van der Waals surface area contributed by atoms with Crippen LogP contribution in [0, 0.1) is 5.41 Å². The summed E-state index contributed by atoms with van der Waals surface area (Å²) >= 11 is 0. The zero-order valence-electron chi connectivity index (χ0n) is 12.3. The molecule has 0 N–H and O–H groups in total. The molecule has 4 heteroatoms. The number of halogens is 3. The van der Waals surface area contributed by atoms with Gasteiger partial charge in [-0.15, -0.1) is 0 Å². The lowest BCUT2D eigenvalue weighted by atomic mass is 9.73. The first-order valence-electron chi connectivity index (χ1n) is 7.87. The lowest BCUT2D eigenvalue weighted by Crippen LogP contribution is -2.29. The quantitative estimate of drug-likeness (QED) is 0.746.